The van der Waals surface area contributed by atoms with Gasteiger partial charge in [0.15, 0.2) is 5.43 Å². The van der Waals surface area contributed by atoms with Gasteiger partial charge >= 0.3 is 5.97 Å². The van der Waals surface area contributed by atoms with E-state index in [1.165, 1.54) is 17.2 Å². The van der Waals surface area contributed by atoms with Crippen LogP contribution in [0.2, 0.25) is 0 Å². The summed E-state index contributed by atoms with van der Waals surface area (Å²) in [5.41, 5.74) is 0.419. The second kappa shape index (κ2) is 5.90. The summed E-state index contributed by atoms with van der Waals surface area (Å²) in [4.78, 5) is 40.4. The molecule has 2 rings (SSSR count). The summed E-state index contributed by atoms with van der Waals surface area (Å²) >= 11 is 0. The summed E-state index contributed by atoms with van der Waals surface area (Å²) in [5.74, 6) is -0.816. The zero-order valence-electron chi connectivity index (χ0n) is 11.6. The van der Waals surface area contributed by atoms with Gasteiger partial charge in [-0.25, -0.2) is 4.79 Å². The minimum Gasteiger partial charge on any atom is -0.464 e. The number of ether oxygens (including phenoxy) is 1. The number of carbonyl (C=O) groups excluding carboxylic acids is 2. The Hall–Kier alpha value is -2.11. The lowest BCUT2D eigenvalue weighted by Crippen LogP contribution is -2.42. The van der Waals surface area contributed by atoms with Crippen LogP contribution in [0.5, 0.6) is 0 Å². The minimum atomic E-state index is -0.580. The van der Waals surface area contributed by atoms with Crippen LogP contribution in [0.1, 0.15) is 35.8 Å². The molecule has 0 aliphatic carbocycles. The molecule has 1 unspecified atom stereocenters. The molecule has 0 spiro atoms. The van der Waals surface area contributed by atoms with Crippen molar-refractivity contribution in [2.45, 2.75) is 32.7 Å². The molecule has 20 heavy (non-hydrogen) atoms. The Kier molecular flexibility index (Phi) is 4.22. The molecular weight excluding hydrogens is 260 g/mol. The number of hydrogen-bond donors (Lipinski definition) is 1. The predicted molar refractivity (Wildman–Crippen MR) is 72.5 cm³/mol. The van der Waals surface area contributed by atoms with E-state index in [9.17, 15) is 14.4 Å². The van der Waals surface area contributed by atoms with E-state index in [0.29, 0.717) is 18.7 Å². The third kappa shape index (κ3) is 2.74. The fraction of sp³-hybridized carbons (Fsp3) is 0.500. The highest BCUT2D eigenvalue weighted by atomic mass is 16.5. The van der Waals surface area contributed by atoms with Crippen molar-refractivity contribution in [2.75, 3.05) is 13.2 Å². The third-order valence-electron chi connectivity index (χ3n) is 3.36. The van der Waals surface area contributed by atoms with Gasteiger partial charge in [0.05, 0.1) is 6.61 Å². The summed E-state index contributed by atoms with van der Waals surface area (Å²) in [6.07, 6.45) is 2.72. The van der Waals surface area contributed by atoms with E-state index < -0.39 is 17.9 Å². The molecule has 6 heteroatoms. The Morgan fingerprint density at radius 2 is 2.25 bits per heavy atom. The standard InChI is InChI=1S/C14H18N2O4/c1-3-20-14(19)11-5-4-6-16(11)13(18)10-8-15-9(2)7-12(10)17/h7-8,11H,3-6H2,1-2H3,(H,15,17). The van der Waals surface area contributed by atoms with Crippen molar-refractivity contribution in [2.24, 2.45) is 0 Å². The van der Waals surface area contributed by atoms with Crippen LogP contribution in [0, 0.1) is 6.92 Å². The molecule has 0 radical (unpaired) electrons. The van der Waals surface area contributed by atoms with Gasteiger partial charge in [-0.05, 0) is 26.7 Å². The van der Waals surface area contributed by atoms with Gasteiger partial charge in [0.2, 0.25) is 0 Å². The fourth-order valence-corrected chi connectivity index (χ4v) is 2.39. The summed E-state index contributed by atoms with van der Waals surface area (Å²) in [5, 5.41) is 0. The number of nitrogens with zero attached hydrogens (tertiary/aromatic N) is 1. The van der Waals surface area contributed by atoms with Gasteiger partial charge in [-0.2, -0.15) is 0 Å². The first-order valence-corrected chi connectivity index (χ1v) is 6.71. The first-order valence-electron chi connectivity index (χ1n) is 6.71. The van der Waals surface area contributed by atoms with Crippen LogP contribution in [-0.2, 0) is 9.53 Å². The van der Waals surface area contributed by atoms with Crippen LogP contribution in [0.3, 0.4) is 0 Å². The van der Waals surface area contributed by atoms with E-state index in [4.69, 9.17) is 4.74 Å². The van der Waals surface area contributed by atoms with Gasteiger partial charge in [0.25, 0.3) is 5.91 Å². The van der Waals surface area contributed by atoms with Gasteiger partial charge in [-0.3, -0.25) is 9.59 Å². The largest absolute Gasteiger partial charge is 0.464 e. The Labute approximate surface area is 116 Å². The molecule has 1 amide bonds. The lowest BCUT2D eigenvalue weighted by molar-refractivity contribution is -0.147. The van der Waals surface area contributed by atoms with Crippen LogP contribution in [0.4, 0.5) is 0 Å². The molecule has 1 aliphatic rings. The molecule has 1 aromatic rings. The van der Waals surface area contributed by atoms with Gasteiger partial charge in [0, 0.05) is 24.5 Å². The van der Waals surface area contributed by atoms with Crippen LogP contribution in [0.15, 0.2) is 17.1 Å². The first-order chi connectivity index (χ1) is 9.54. The Balaban J connectivity index is 2.23. The number of aromatic amines is 1. The van der Waals surface area contributed by atoms with Crippen molar-refractivity contribution in [1.29, 1.82) is 0 Å². The van der Waals surface area contributed by atoms with Gasteiger partial charge < -0.3 is 14.6 Å². The number of carbonyl (C=O) groups is 2. The number of likely N-dealkylation sites (tertiary alicyclic amines) is 1. The summed E-state index contributed by atoms with van der Waals surface area (Å²) in [7, 11) is 0. The maximum absolute atomic E-state index is 12.4. The molecule has 0 bridgehead atoms. The van der Waals surface area contributed by atoms with Crippen LogP contribution < -0.4 is 5.43 Å². The van der Waals surface area contributed by atoms with Gasteiger partial charge in [-0.15, -0.1) is 0 Å². The summed E-state index contributed by atoms with van der Waals surface area (Å²) < 4.78 is 4.97. The van der Waals surface area contributed by atoms with E-state index in [1.54, 1.807) is 13.8 Å². The molecule has 6 nitrogen and oxygen atoms in total. The monoisotopic (exact) mass is 278 g/mol. The molecule has 1 N–H and O–H groups in total. The number of pyridine rings is 1. The van der Waals surface area contributed by atoms with Crippen molar-refractivity contribution in [3.63, 3.8) is 0 Å². The number of aromatic nitrogens is 1. The van der Waals surface area contributed by atoms with Crippen molar-refractivity contribution in [3.05, 3.63) is 33.7 Å². The first kappa shape index (κ1) is 14.3. The van der Waals surface area contributed by atoms with Crippen LogP contribution >= 0.6 is 0 Å². The van der Waals surface area contributed by atoms with E-state index in [-0.39, 0.29) is 17.6 Å². The van der Waals surface area contributed by atoms with Crippen molar-refractivity contribution < 1.29 is 14.3 Å². The molecule has 1 fully saturated rings. The Morgan fingerprint density at radius 1 is 1.50 bits per heavy atom. The normalized spacial score (nSPS) is 18.1. The van der Waals surface area contributed by atoms with E-state index in [1.807, 2.05) is 0 Å². The van der Waals surface area contributed by atoms with E-state index >= 15 is 0 Å². The predicted octanol–water partition coefficient (Wildman–Crippen LogP) is 0.851. The second-order valence-corrected chi connectivity index (χ2v) is 4.80. The number of nitrogens with one attached hydrogen (secondary N) is 1. The molecular formula is C14H18N2O4. The molecule has 0 aromatic carbocycles. The zero-order valence-corrected chi connectivity index (χ0v) is 11.6. The number of hydrogen-bond acceptors (Lipinski definition) is 4. The Bertz CT molecular complexity index is 579. The smallest absolute Gasteiger partial charge is 0.328 e. The minimum absolute atomic E-state index is 0.0619. The average Bonchev–Trinajstić information content (AvgIpc) is 2.87. The molecule has 1 saturated heterocycles. The van der Waals surface area contributed by atoms with Crippen molar-refractivity contribution >= 4 is 11.9 Å². The zero-order chi connectivity index (χ0) is 14.7. The summed E-state index contributed by atoms with van der Waals surface area (Å²) in [6.45, 7) is 4.22. The SMILES string of the molecule is CCOC(=O)C1CCCN1C(=O)c1c[nH]c(C)cc1=O. The number of H-pyrrole nitrogens is 1. The number of esters is 1. The van der Waals surface area contributed by atoms with Gasteiger partial charge in [-0.1, -0.05) is 0 Å². The molecule has 1 aliphatic heterocycles. The molecule has 0 saturated carbocycles. The molecule has 2 heterocycles. The van der Waals surface area contributed by atoms with Gasteiger partial charge in [0.1, 0.15) is 11.6 Å². The average molecular weight is 278 g/mol. The number of amides is 1. The fourth-order valence-electron chi connectivity index (χ4n) is 2.39. The second-order valence-electron chi connectivity index (χ2n) is 4.80. The lowest BCUT2D eigenvalue weighted by atomic mass is 10.2. The molecule has 1 atom stereocenters. The number of rotatable bonds is 3. The maximum atomic E-state index is 12.4. The van der Waals surface area contributed by atoms with Crippen molar-refractivity contribution in [1.82, 2.24) is 9.88 Å². The molecule has 108 valence electrons. The maximum Gasteiger partial charge on any atom is 0.328 e. The molecule has 1 aromatic heterocycles. The topological polar surface area (TPSA) is 79.5 Å². The highest BCUT2D eigenvalue weighted by Crippen LogP contribution is 2.20. The Morgan fingerprint density at radius 3 is 2.90 bits per heavy atom. The van der Waals surface area contributed by atoms with Crippen LogP contribution in [-0.4, -0.2) is 41.0 Å². The summed E-state index contributed by atoms with van der Waals surface area (Å²) in [6, 6.07) is 0.797. The highest BCUT2D eigenvalue weighted by Gasteiger charge is 2.36. The third-order valence-corrected chi connectivity index (χ3v) is 3.36. The van der Waals surface area contributed by atoms with E-state index in [2.05, 4.69) is 4.98 Å². The quantitative estimate of drug-likeness (QED) is 0.831. The van der Waals surface area contributed by atoms with E-state index in [0.717, 1.165) is 6.42 Å². The lowest BCUT2D eigenvalue weighted by Gasteiger charge is -2.22. The highest BCUT2D eigenvalue weighted by molar-refractivity contribution is 5.96. The van der Waals surface area contributed by atoms with Crippen molar-refractivity contribution in [3.8, 4) is 0 Å². The number of aryl methyl sites for hydroxylation is 1. The van der Waals surface area contributed by atoms with Crippen LogP contribution in [0.25, 0.3) is 0 Å².